The molecular weight excluding hydrogens is 206 g/mol. The van der Waals surface area contributed by atoms with Crippen LogP contribution in [0.15, 0.2) is 30.3 Å². The maximum absolute atomic E-state index is 11.8. The van der Waals surface area contributed by atoms with E-state index in [1.807, 2.05) is 30.3 Å². The van der Waals surface area contributed by atoms with Crippen LogP contribution >= 0.6 is 0 Å². The third kappa shape index (κ3) is 2.22. The third-order valence-corrected chi connectivity index (χ3v) is 2.15. The van der Waals surface area contributed by atoms with Gasteiger partial charge in [0.05, 0.1) is 0 Å². The van der Waals surface area contributed by atoms with Crippen molar-refractivity contribution in [2.75, 3.05) is 7.05 Å². The molecule has 16 heavy (non-hydrogen) atoms. The second-order valence-corrected chi connectivity index (χ2v) is 3.38. The number of hydrogen-bond donors (Lipinski definition) is 1. The van der Waals surface area contributed by atoms with Gasteiger partial charge in [0.1, 0.15) is 0 Å². The minimum Gasteiger partial charge on any atom is -0.335 e. The monoisotopic (exact) mass is 217 g/mol. The van der Waals surface area contributed by atoms with Gasteiger partial charge in [-0.25, -0.2) is 0 Å². The highest BCUT2D eigenvalue weighted by molar-refractivity contribution is 5.89. The zero-order valence-electron chi connectivity index (χ0n) is 8.79. The summed E-state index contributed by atoms with van der Waals surface area (Å²) >= 11 is 0. The summed E-state index contributed by atoms with van der Waals surface area (Å²) in [5.41, 5.74) is 1.06. The maximum atomic E-state index is 11.8. The fraction of sp³-hybridized carbons (Fsp3) is 0.200. The van der Waals surface area contributed by atoms with Crippen LogP contribution < -0.4 is 0 Å². The number of amides is 1. The van der Waals surface area contributed by atoms with Crippen molar-refractivity contribution in [3.8, 4) is 0 Å². The molecule has 0 aliphatic rings. The van der Waals surface area contributed by atoms with Crippen molar-refractivity contribution in [1.29, 1.82) is 0 Å². The molecule has 0 unspecified atom stereocenters. The molecule has 1 aromatic carbocycles. The molecule has 0 spiro atoms. The standard InChI is InChI=1S/C10H11N5O/c1-15(7-8-5-3-2-4-6-8)10(16)9-11-13-14-12-9/h2-6H,7H2,1H3,(H,11,12,13,14). The van der Waals surface area contributed by atoms with Gasteiger partial charge in [0.2, 0.25) is 0 Å². The van der Waals surface area contributed by atoms with E-state index < -0.39 is 0 Å². The number of aromatic nitrogens is 4. The number of rotatable bonds is 3. The van der Waals surface area contributed by atoms with Crippen molar-refractivity contribution in [2.24, 2.45) is 0 Å². The van der Waals surface area contributed by atoms with Crippen molar-refractivity contribution < 1.29 is 4.79 Å². The summed E-state index contributed by atoms with van der Waals surface area (Å²) in [6.07, 6.45) is 0. The SMILES string of the molecule is CN(Cc1ccccc1)C(=O)c1nn[nH]n1. The number of carbonyl (C=O) groups is 1. The van der Waals surface area contributed by atoms with Gasteiger partial charge in [-0.15, -0.1) is 10.2 Å². The molecule has 0 saturated carbocycles. The molecule has 0 aliphatic heterocycles. The highest BCUT2D eigenvalue weighted by atomic mass is 16.2. The van der Waals surface area contributed by atoms with Gasteiger partial charge in [0.25, 0.3) is 11.7 Å². The van der Waals surface area contributed by atoms with Crippen LogP contribution in [0.3, 0.4) is 0 Å². The third-order valence-electron chi connectivity index (χ3n) is 2.15. The number of H-pyrrole nitrogens is 1. The van der Waals surface area contributed by atoms with Gasteiger partial charge in [-0.2, -0.15) is 5.21 Å². The molecule has 0 atom stereocenters. The molecule has 1 N–H and O–H groups in total. The zero-order chi connectivity index (χ0) is 11.4. The van der Waals surface area contributed by atoms with E-state index >= 15 is 0 Å². The molecule has 0 fully saturated rings. The molecule has 0 saturated heterocycles. The molecule has 2 aromatic rings. The average Bonchev–Trinajstić information content (AvgIpc) is 2.83. The van der Waals surface area contributed by atoms with Crippen molar-refractivity contribution in [3.63, 3.8) is 0 Å². The Labute approximate surface area is 92.3 Å². The molecule has 0 aliphatic carbocycles. The lowest BCUT2D eigenvalue weighted by Gasteiger charge is -2.14. The molecule has 1 aromatic heterocycles. The Balaban J connectivity index is 2.04. The minimum absolute atomic E-state index is 0.0819. The normalized spacial score (nSPS) is 10.1. The Bertz CT molecular complexity index is 453. The van der Waals surface area contributed by atoms with E-state index in [9.17, 15) is 4.79 Å². The van der Waals surface area contributed by atoms with Gasteiger partial charge < -0.3 is 4.90 Å². The van der Waals surface area contributed by atoms with Crippen LogP contribution in [0.25, 0.3) is 0 Å². The Kier molecular flexibility index (Phi) is 2.90. The number of nitrogens with zero attached hydrogens (tertiary/aromatic N) is 4. The summed E-state index contributed by atoms with van der Waals surface area (Å²) in [6, 6.07) is 9.72. The Morgan fingerprint density at radius 2 is 2.12 bits per heavy atom. The second-order valence-electron chi connectivity index (χ2n) is 3.38. The van der Waals surface area contributed by atoms with Crippen molar-refractivity contribution in [1.82, 2.24) is 25.5 Å². The topological polar surface area (TPSA) is 74.8 Å². The molecule has 2 rings (SSSR count). The number of nitrogens with one attached hydrogen (secondary N) is 1. The van der Waals surface area contributed by atoms with E-state index in [-0.39, 0.29) is 11.7 Å². The maximum Gasteiger partial charge on any atom is 0.295 e. The van der Waals surface area contributed by atoms with Crippen LogP contribution in [0.5, 0.6) is 0 Å². The summed E-state index contributed by atoms with van der Waals surface area (Å²) in [6.45, 7) is 0.522. The number of tetrazole rings is 1. The van der Waals surface area contributed by atoms with E-state index in [4.69, 9.17) is 0 Å². The van der Waals surface area contributed by atoms with Crippen LogP contribution in [0, 0.1) is 0 Å². The fourth-order valence-corrected chi connectivity index (χ4v) is 1.35. The molecule has 82 valence electrons. The van der Waals surface area contributed by atoms with E-state index in [0.717, 1.165) is 5.56 Å². The van der Waals surface area contributed by atoms with E-state index in [0.29, 0.717) is 6.54 Å². The van der Waals surface area contributed by atoms with Gasteiger partial charge in [0, 0.05) is 13.6 Å². The molecule has 1 heterocycles. The summed E-state index contributed by atoms with van der Waals surface area (Å²) in [7, 11) is 1.70. The number of benzene rings is 1. The second kappa shape index (κ2) is 4.52. The van der Waals surface area contributed by atoms with Crippen LogP contribution in [0.4, 0.5) is 0 Å². The predicted octanol–water partition coefficient (Wildman–Crippen LogP) is 0.472. The number of aromatic amines is 1. The number of carbonyl (C=O) groups excluding carboxylic acids is 1. The first-order chi connectivity index (χ1) is 7.77. The number of hydrogen-bond acceptors (Lipinski definition) is 4. The Hall–Kier alpha value is -2.24. The van der Waals surface area contributed by atoms with Gasteiger partial charge >= 0.3 is 0 Å². The Morgan fingerprint density at radius 3 is 2.75 bits per heavy atom. The fourth-order valence-electron chi connectivity index (χ4n) is 1.35. The smallest absolute Gasteiger partial charge is 0.295 e. The lowest BCUT2D eigenvalue weighted by Crippen LogP contribution is -2.27. The lowest BCUT2D eigenvalue weighted by atomic mass is 10.2. The van der Waals surface area contributed by atoms with Crippen LogP contribution in [-0.2, 0) is 6.54 Å². The molecule has 1 amide bonds. The van der Waals surface area contributed by atoms with Crippen molar-refractivity contribution in [3.05, 3.63) is 41.7 Å². The first kappa shape index (κ1) is 10.3. The summed E-state index contributed by atoms with van der Waals surface area (Å²) in [4.78, 5) is 13.3. The lowest BCUT2D eigenvalue weighted by molar-refractivity contribution is 0.0773. The van der Waals surface area contributed by atoms with Crippen molar-refractivity contribution >= 4 is 5.91 Å². The van der Waals surface area contributed by atoms with E-state index in [1.165, 1.54) is 0 Å². The van der Waals surface area contributed by atoms with Crippen LogP contribution in [0.1, 0.15) is 16.2 Å². The van der Waals surface area contributed by atoms with Gasteiger partial charge in [-0.05, 0) is 10.8 Å². The summed E-state index contributed by atoms with van der Waals surface area (Å²) < 4.78 is 0. The zero-order valence-corrected chi connectivity index (χ0v) is 8.79. The predicted molar refractivity (Wildman–Crippen MR) is 56.4 cm³/mol. The molecule has 0 bridgehead atoms. The average molecular weight is 217 g/mol. The van der Waals surface area contributed by atoms with Gasteiger partial charge in [0.15, 0.2) is 0 Å². The first-order valence-corrected chi connectivity index (χ1v) is 4.80. The largest absolute Gasteiger partial charge is 0.335 e. The summed E-state index contributed by atoms with van der Waals surface area (Å²) in [5.74, 6) is -0.170. The molecule has 6 heteroatoms. The highest BCUT2D eigenvalue weighted by Crippen LogP contribution is 2.04. The molecular formula is C10H11N5O. The molecule has 6 nitrogen and oxygen atoms in total. The quantitative estimate of drug-likeness (QED) is 0.811. The van der Waals surface area contributed by atoms with E-state index in [2.05, 4.69) is 20.6 Å². The first-order valence-electron chi connectivity index (χ1n) is 4.80. The molecule has 0 radical (unpaired) electrons. The van der Waals surface area contributed by atoms with Gasteiger partial charge in [-0.3, -0.25) is 4.79 Å². The summed E-state index contributed by atoms with van der Waals surface area (Å²) in [5, 5.41) is 12.9. The Morgan fingerprint density at radius 1 is 1.38 bits per heavy atom. The highest BCUT2D eigenvalue weighted by Gasteiger charge is 2.15. The van der Waals surface area contributed by atoms with Crippen LogP contribution in [0.2, 0.25) is 0 Å². The van der Waals surface area contributed by atoms with Gasteiger partial charge in [-0.1, -0.05) is 30.3 Å². The van der Waals surface area contributed by atoms with Crippen LogP contribution in [-0.4, -0.2) is 38.5 Å². The van der Waals surface area contributed by atoms with Crippen molar-refractivity contribution in [2.45, 2.75) is 6.54 Å². The van der Waals surface area contributed by atoms with E-state index in [1.54, 1.807) is 11.9 Å². The minimum atomic E-state index is -0.252.